The summed E-state index contributed by atoms with van der Waals surface area (Å²) >= 11 is 5.76. The molecule has 0 saturated heterocycles. The zero-order valence-electron chi connectivity index (χ0n) is 7.37. The van der Waals surface area contributed by atoms with Gasteiger partial charge in [-0.3, -0.25) is 0 Å². The molecule has 0 unspecified atom stereocenters. The van der Waals surface area contributed by atoms with Crippen molar-refractivity contribution in [2.24, 2.45) is 5.73 Å². The van der Waals surface area contributed by atoms with Crippen LogP contribution in [0.4, 0.5) is 5.69 Å². The van der Waals surface area contributed by atoms with Gasteiger partial charge < -0.3 is 16.6 Å². The highest BCUT2D eigenvalue weighted by Crippen LogP contribution is 2.25. The van der Waals surface area contributed by atoms with Gasteiger partial charge in [0.1, 0.15) is 0 Å². The summed E-state index contributed by atoms with van der Waals surface area (Å²) in [5.74, 6) is 0. The summed E-state index contributed by atoms with van der Waals surface area (Å²) in [7, 11) is 0. The van der Waals surface area contributed by atoms with Crippen LogP contribution in [-0.4, -0.2) is 11.1 Å². The van der Waals surface area contributed by atoms with E-state index in [1.807, 2.05) is 0 Å². The lowest BCUT2D eigenvalue weighted by Gasteiger charge is -2.16. The molecule has 1 aromatic rings. The maximum absolute atomic E-state index is 9.64. The molecule has 5 N–H and O–H groups in total. The lowest BCUT2D eigenvalue weighted by molar-refractivity contribution is 0.154. The van der Waals surface area contributed by atoms with Crippen molar-refractivity contribution in [3.63, 3.8) is 0 Å². The summed E-state index contributed by atoms with van der Waals surface area (Å²) in [6.45, 7) is 1.71. The van der Waals surface area contributed by atoms with Crippen LogP contribution in [0.15, 0.2) is 18.2 Å². The van der Waals surface area contributed by atoms with E-state index < -0.39 is 6.10 Å². The van der Waals surface area contributed by atoms with Crippen LogP contribution in [0.2, 0.25) is 5.02 Å². The molecule has 0 aromatic heterocycles. The van der Waals surface area contributed by atoms with Crippen molar-refractivity contribution in [2.75, 3.05) is 5.73 Å². The Bertz CT molecular complexity index is 302. The standard InChI is InChI=1S/C9H13ClN2O/c1-5(11)9(13)7-4-6(10)2-3-8(7)12/h2-5,9,13H,11-12H2,1H3/t5-,9-/m1/s1. The molecule has 4 heteroatoms. The highest BCUT2D eigenvalue weighted by atomic mass is 35.5. The lowest BCUT2D eigenvalue weighted by Crippen LogP contribution is -2.25. The molecule has 0 amide bonds. The van der Waals surface area contributed by atoms with E-state index in [9.17, 15) is 5.11 Å². The monoisotopic (exact) mass is 200 g/mol. The van der Waals surface area contributed by atoms with Crippen molar-refractivity contribution in [1.29, 1.82) is 0 Å². The molecular weight excluding hydrogens is 188 g/mol. The summed E-state index contributed by atoms with van der Waals surface area (Å²) in [6, 6.07) is 4.60. The van der Waals surface area contributed by atoms with Gasteiger partial charge >= 0.3 is 0 Å². The van der Waals surface area contributed by atoms with E-state index in [0.717, 1.165) is 0 Å². The number of hydrogen-bond acceptors (Lipinski definition) is 3. The van der Waals surface area contributed by atoms with Gasteiger partial charge in [-0.25, -0.2) is 0 Å². The maximum atomic E-state index is 9.64. The highest BCUT2D eigenvalue weighted by Gasteiger charge is 2.15. The molecule has 3 nitrogen and oxygen atoms in total. The van der Waals surface area contributed by atoms with Crippen molar-refractivity contribution in [2.45, 2.75) is 19.1 Å². The lowest BCUT2D eigenvalue weighted by atomic mass is 10.0. The first-order valence-corrected chi connectivity index (χ1v) is 4.38. The van der Waals surface area contributed by atoms with Crippen molar-refractivity contribution < 1.29 is 5.11 Å². The molecule has 0 spiro atoms. The van der Waals surface area contributed by atoms with Gasteiger partial charge in [0.2, 0.25) is 0 Å². The zero-order valence-corrected chi connectivity index (χ0v) is 8.12. The number of hydrogen-bond donors (Lipinski definition) is 3. The van der Waals surface area contributed by atoms with E-state index >= 15 is 0 Å². The Labute approximate surface area is 82.3 Å². The average molecular weight is 201 g/mol. The predicted octanol–water partition coefficient (Wildman–Crippen LogP) is 1.30. The molecule has 13 heavy (non-hydrogen) atoms. The minimum atomic E-state index is -0.765. The smallest absolute Gasteiger partial charge is 0.0958 e. The minimum absolute atomic E-state index is 0.360. The Morgan fingerprint density at radius 3 is 2.62 bits per heavy atom. The number of aliphatic hydroxyl groups is 1. The third kappa shape index (κ3) is 2.34. The topological polar surface area (TPSA) is 72.3 Å². The van der Waals surface area contributed by atoms with Gasteiger partial charge in [0, 0.05) is 22.3 Å². The number of rotatable bonds is 2. The molecule has 0 aliphatic heterocycles. The largest absolute Gasteiger partial charge is 0.398 e. The first-order chi connectivity index (χ1) is 6.02. The van der Waals surface area contributed by atoms with Crippen LogP contribution in [0, 0.1) is 0 Å². The van der Waals surface area contributed by atoms with E-state index in [0.29, 0.717) is 16.3 Å². The van der Waals surface area contributed by atoms with Crippen LogP contribution >= 0.6 is 11.6 Å². The Morgan fingerprint density at radius 2 is 2.08 bits per heavy atom. The van der Waals surface area contributed by atoms with E-state index in [1.54, 1.807) is 25.1 Å². The van der Waals surface area contributed by atoms with Gasteiger partial charge in [0.05, 0.1) is 6.10 Å². The number of nitrogens with two attached hydrogens (primary N) is 2. The van der Waals surface area contributed by atoms with Crippen LogP contribution in [0.1, 0.15) is 18.6 Å². The second-order valence-corrected chi connectivity index (χ2v) is 3.51. The van der Waals surface area contributed by atoms with Gasteiger partial charge in [-0.2, -0.15) is 0 Å². The molecule has 1 aromatic carbocycles. The molecule has 0 bridgehead atoms. The minimum Gasteiger partial charge on any atom is -0.398 e. The molecule has 0 fully saturated rings. The Hall–Kier alpha value is -0.770. The van der Waals surface area contributed by atoms with E-state index in [2.05, 4.69) is 0 Å². The Kier molecular flexibility index (Phi) is 3.14. The number of benzene rings is 1. The molecule has 0 aliphatic carbocycles. The fourth-order valence-electron chi connectivity index (χ4n) is 1.08. The molecular formula is C9H13ClN2O. The molecule has 2 atom stereocenters. The van der Waals surface area contributed by atoms with Crippen LogP contribution in [0.3, 0.4) is 0 Å². The second kappa shape index (κ2) is 3.96. The van der Waals surface area contributed by atoms with Crippen molar-refractivity contribution in [1.82, 2.24) is 0 Å². The maximum Gasteiger partial charge on any atom is 0.0958 e. The molecule has 0 heterocycles. The molecule has 0 aliphatic rings. The molecule has 1 rings (SSSR count). The average Bonchev–Trinajstić information content (AvgIpc) is 2.08. The third-order valence-corrected chi connectivity index (χ3v) is 2.10. The van der Waals surface area contributed by atoms with Gasteiger partial charge in [0.25, 0.3) is 0 Å². The number of halogens is 1. The predicted molar refractivity (Wildman–Crippen MR) is 54.5 cm³/mol. The van der Waals surface area contributed by atoms with Crippen LogP contribution in [-0.2, 0) is 0 Å². The van der Waals surface area contributed by atoms with Gasteiger partial charge in [-0.1, -0.05) is 11.6 Å². The quantitative estimate of drug-likeness (QED) is 0.631. The Balaban J connectivity index is 3.05. The number of nitrogen functional groups attached to an aromatic ring is 1. The highest BCUT2D eigenvalue weighted by molar-refractivity contribution is 6.30. The van der Waals surface area contributed by atoms with Crippen LogP contribution < -0.4 is 11.5 Å². The summed E-state index contributed by atoms with van der Waals surface area (Å²) in [5, 5.41) is 10.2. The fraction of sp³-hybridized carbons (Fsp3) is 0.333. The normalized spacial score (nSPS) is 15.4. The summed E-state index contributed by atoms with van der Waals surface area (Å²) in [4.78, 5) is 0. The van der Waals surface area contributed by atoms with Crippen LogP contribution in [0.5, 0.6) is 0 Å². The van der Waals surface area contributed by atoms with Gasteiger partial charge in [-0.15, -0.1) is 0 Å². The van der Waals surface area contributed by atoms with Crippen molar-refractivity contribution in [3.8, 4) is 0 Å². The van der Waals surface area contributed by atoms with Crippen LogP contribution in [0.25, 0.3) is 0 Å². The second-order valence-electron chi connectivity index (χ2n) is 3.08. The summed E-state index contributed by atoms with van der Waals surface area (Å²) < 4.78 is 0. The van der Waals surface area contributed by atoms with E-state index in [1.165, 1.54) is 0 Å². The van der Waals surface area contributed by atoms with E-state index in [-0.39, 0.29) is 6.04 Å². The van der Waals surface area contributed by atoms with Crippen molar-refractivity contribution >= 4 is 17.3 Å². The third-order valence-electron chi connectivity index (χ3n) is 1.87. The SMILES string of the molecule is C[C@@H](N)[C@@H](O)c1cc(Cl)ccc1N. The molecule has 72 valence electrons. The molecule has 0 radical (unpaired) electrons. The molecule has 0 saturated carbocycles. The first-order valence-electron chi connectivity index (χ1n) is 4.01. The first kappa shape index (κ1) is 10.3. The zero-order chi connectivity index (χ0) is 10.0. The Morgan fingerprint density at radius 1 is 1.46 bits per heavy atom. The van der Waals surface area contributed by atoms with E-state index in [4.69, 9.17) is 23.1 Å². The summed E-state index contributed by atoms with van der Waals surface area (Å²) in [6.07, 6.45) is -0.765. The van der Waals surface area contributed by atoms with Crippen molar-refractivity contribution in [3.05, 3.63) is 28.8 Å². The summed E-state index contributed by atoms with van der Waals surface area (Å²) in [5.41, 5.74) is 12.3. The number of aliphatic hydroxyl groups excluding tert-OH is 1. The fourth-order valence-corrected chi connectivity index (χ4v) is 1.27. The van der Waals surface area contributed by atoms with Gasteiger partial charge in [0.15, 0.2) is 0 Å². The van der Waals surface area contributed by atoms with Gasteiger partial charge in [-0.05, 0) is 25.1 Å². The number of anilines is 1.